The summed E-state index contributed by atoms with van der Waals surface area (Å²) in [6.07, 6.45) is 6.44. The van der Waals surface area contributed by atoms with Gasteiger partial charge in [-0.15, -0.1) is 0 Å². The minimum absolute atomic E-state index is 0.0657. The lowest BCUT2D eigenvalue weighted by Gasteiger charge is -2.17. The molecule has 104 valence electrons. The summed E-state index contributed by atoms with van der Waals surface area (Å²) >= 11 is 0. The Morgan fingerprint density at radius 2 is 2.05 bits per heavy atom. The van der Waals surface area contributed by atoms with Crippen molar-refractivity contribution in [3.05, 3.63) is 42.0 Å². The first kappa shape index (κ1) is 12.9. The van der Waals surface area contributed by atoms with Crippen molar-refractivity contribution in [3.8, 4) is 0 Å². The Bertz CT molecular complexity index is 580. The number of fused-ring (bicyclic) bond motifs is 2. The van der Waals surface area contributed by atoms with Crippen LogP contribution in [0.2, 0.25) is 0 Å². The normalized spacial score (nSPS) is 26.6. The van der Waals surface area contributed by atoms with Gasteiger partial charge in [0.25, 0.3) is 5.91 Å². The Morgan fingerprint density at radius 1 is 1.20 bits per heavy atom. The third-order valence-electron chi connectivity index (χ3n) is 4.24. The van der Waals surface area contributed by atoms with Gasteiger partial charge < -0.3 is 10.6 Å². The molecule has 2 aliphatic rings. The van der Waals surface area contributed by atoms with E-state index in [0.717, 1.165) is 12.8 Å². The molecule has 3 atom stereocenters. The second-order valence-electron chi connectivity index (χ2n) is 5.54. The zero-order valence-electron chi connectivity index (χ0n) is 11.4. The Kier molecular flexibility index (Phi) is 3.30. The van der Waals surface area contributed by atoms with Crippen LogP contribution < -0.4 is 10.6 Å². The molecule has 0 saturated heterocycles. The zero-order chi connectivity index (χ0) is 14.1. The third-order valence-corrected chi connectivity index (χ3v) is 4.24. The zero-order valence-corrected chi connectivity index (χ0v) is 11.4. The second-order valence-corrected chi connectivity index (χ2v) is 5.54. The largest absolute Gasteiger partial charge is 0.355 e. The lowest BCUT2D eigenvalue weighted by Crippen LogP contribution is -2.26. The Hall–Kier alpha value is -2.10. The van der Waals surface area contributed by atoms with E-state index in [9.17, 15) is 9.59 Å². The van der Waals surface area contributed by atoms with Crippen LogP contribution in [0.15, 0.2) is 36.4 Å². The molecule has 20 heavy (non-hydrogen) atoms. The molecular weight excluding hydrogens is 252 g/mol. The highest BCUT2D eigenvalue weighted by Crippen LogP contribution is 2.43. The fourth-order valence-corrected chi connectivity index (χ4v) is 3.20. The SMILES string of the molecule is CNC(=O)c1cccc(NC(=O)[C@H]2C[C@H]3C=C[C@H]2C3)c1. The van der Waals surface area contributed by atoms with Crippen LogP contribution in [-0.4, -0.2) is 18.9 Å². The number of anilines is 1. The van der Waals surface area contributed by atoms with Crippen molar-refractivity contribution < 1.29 is 9.59 Å². The molecule has 2 N–H and O–H groups in total. The van der Waals surface area contributed by atoms with E-state index in [0.29, 0.717) is 23.1 Å². The molecule has 0 unspecified atom stereocenters. The fourth-order valence-electron chi connectivity index (χ4n) is 3.20. The highest BCUT2D eigenvalue weighted by Gasteiger charge is 2.39. The molecule has 0 spiro atoms. The molecule has 1 aromatic rings. The highest BCUT2D eigenvalue weighted by molar-refractivity contribution is 5.97. The van der Waals surface area contributed by atoms with Crippen LogP contribution in [0.5, 0.6) is 0 Å². The minimum atomic E-state index is -0.149. The van der Waals surface area contributed by atoms with Gasteiger partial charge in [0.05, 0.1) is 0 Å². The van der Waals surface area contributed by atoms with E-state index in [1.807, 2.05) is 6.07 Å². The van der Waals surface area contributed by atoms with Gasteiger partial charge in [0.15, 0.2) is 0 Å². The maximum absolute atomic E-state index is 12.3. The number of allylic oxidation sites excluding steroid dienone is 2. The number of amides is 2. The molecule has 1 fully saturated rings. The third kappa shape index (κ3) is 2.33. The van der Waals surface area contributed by atoms with E-state index in [1.54, 1.807) is 25.2 Å². The first-order valence-corrected chi connectivity index (χ1v) is 6.98. The molecule has 4 heteroatoms. The van der Waals surface area contributed by atoms with E-state index >= 15 is 0 Å². The van der Waals surface area contributed by atoms with Crippen molar-refractivity contribution in [1.82, 2.24) is 5.32 Å². The van der Waals surface area contributed by atoms with Gasteiger partial charge in [-0.1, -0.05) is 18.2 Å². The van der Waals surface area contributed by atoms with E-state index in [-0.39, 0.29) is 17.7 Å². The number of nitrogens with one attached hydrogen (secondary N) is 2. The molecular formula is C16H18N2O2. The van der Waals surface area contributed by atoms with E-state index in [2.05, 4.69) is 22.8 Å². The van der Waals surface area contributed by atoms with Gasteiger partial charge in [-0.05, 0) is 42.9 Å². The van der Waals surface area contributed by atoms with Crippen LogP contribution in [0.1, 0.15) is 23.2 Å². The number of carbonyl (C=O) groups is 2. The van der Waals surface area contributed by atoms with E-state index in [4.69, 9.17) is 0 Å². The number of hydrogen-bond acceptors (Lipinski definition) is 2. The van der Waals surface area contributed by atoms with Crippen LogP contribution in [0.25, 0.3) is 0 Å². The molecule has 0 aromatic heterocycles. The minimum Gasteiger partial charge on any atom is -0.355 e. The summed E-state index contributed by atoms with van der Waals surface area (Å²) < 4.78 is 0. The van der Waals surface area contributed by atoms with Crippen molar-refractivity contribution in [2.24, 2.45) is 17.8 Å². The average Bonchev–Trinajstić information content (AvgIpc) is 3.09. The summed E-state index contributed by atoms with van der Waals surface area (Å²) in [5, 5.41) is 5.51. The molecule has 2 amide bonds. The fraction of sp³-hybridized carbons (Fsp3) is 0.375. The monoisotopic (exact) mass is 270 g/mol. The lowest BCUT2D eigenvalue weighted by atomic mass is 9.93. The van der Waals surface area contributed by atoms with Crippen LogP contribution in [0.3, 0.4) is 0 Å². The van der Waals surface area contributed by atoms with Crippen LogP contribution >= 0.6 is 0 Å². The topological polar surface area (TPSA) is 58.2 Å². The van der Waals surface area contributed by atoms with Gasteiger partial charge in [0.2, 0.25) is 5.91 Å². The molecule has 1 saturated carbocycles. The van der Waals surface area contributed by atoms with Gasteiger partial charge in [0.1, 0.15) is 0 Å². The van der Waals surface area contributed by atoms with Crippen molar-refractivity contribution in [2.45, 2.75) is 12.8 Å². The quantitative estimate of drug-likeness (QED) is 0.827. The molecule has 0 radical (unpaired) electrons. The summed E-state index contributed by atoms with van der Waals surface area (Å²) in [5.74, 6) is 0.962. The van der Waals surface area contributed by atoms with Crippen LogP contribution in [0.4, 0.5) is 5.69 Å². The molecule has 2 bridgehead atoms. The van der Waals surface area contributed by atoms with E-state index < -0.39 is 0 Å². The van der Waals surface area contributed by atoms with Crippen molar-refractivity contribution >= 4 is 17.5 Å². The number of carbonyl (C=O) groups excluding carboxylic acids is 2. The number of hydrogen-bond donors (Lipinski definition) is 2. The summed E-state index contributed by atoms with van der Waals surface area (Å²) in [6.45, 7) is 0. The smallest absolute Gasteiger partial charge is 0.251 e. The Morgan fingerprint density at radius 3 is 2.70 bits per heavy atom. The predicted octanol–water partition coefficient (Wildman–Crippen LogP) is 2.20. The van der Waals surface area contributed by atoms with Crippen molar-refractivity contribution in [1.29, 1.82) is 0 Å². The molecule has 2 aliphatic carbocycles. The van der Waals surface area contributed by atoms with Gasteiger partial charge in [0, 0.05) is 24.2 Å². The van der Waals surface area contributed by atoms with Crippen molar-refractivity contribution in [2.75, 3.05) is 12.4 Å². The Labute approximate surface area is 118 Å². The number of rotatable bonds is 3. The van der Waals surface area contributed by atoms with E-state index in [1.165, 1.54) is 0 Å². The lowest BCUT2D eigenvalue weighted by molar-refractivity contribution is -0.120. The Balaban J connectivity index is 1.70. The molecule has 1 aromatic carbocycles. The van der Waals surface area contributed by atoms with Crippen LogP contribution in [-0.2, 0) is 4.79 Å². The summed E-state index contributed by atoms with van der Waals surface area (Å²) in [6, 6.07) is 7.03. The van der Waals surface area contributed by atoms with Gasteiger partial charge >= 0.3 is 0 Å². The van der Waals surface area contributed by atoms with Gasteiger partial charge in [-0.25, -0.2) is 0 Å². The standard InChI is InChI=1S/C16H18N2O2/c1-17-15(19)12-3-2-4-13(9-12)18-16(20)14-8-10-5-6-11(14)7-10/h2-6,9-11,14H,7-8H2,1H3,(H,17,19)(H,18,20)/t10-,11-,14-/m0/s1. The molecule has 3 rings (SSSR count). The number of benzene rings is 1. The summed E-state index contributed by atoms with van der Waals surface area (Å²) in [5.41, 5.74) is 1.24. The predicted molar refractivity (Wildman–Crippen MR) is 77.3 cm³/mol. The average molecular weight is 270 g/mol. The summed E-state index contributed by atoms with van der Waals surface area (Å²) in [7, 11) is 1.59. The highest BCUT2D eigenvalue weighted by atomic mass is 16.2. The van der Waals surface area contributed by atoms with Gasteiger partial charge in [-0.2, -0.15) is 0 Å². The summed E-state index contributed by atoms with van der Waals surface area (Å²) in [4.78, 5) is 23.9. The molecule has 0 aliphatic heterocycles. The second kappa shape index (κ2) is 5.12. The van der Waals surface area contributed by atoms with Gasteiger partial charge in [-0.3, -0.25) is 9.59 Å². The van der Waals surface area contributed by atoms with Crippen LogP contribution in [0, 0.1) is 17.8 Å². The maximum atomic E-state index is 12.3. The first-order valence-electron chi connectivity index (χ1n) is 6.98. The maximum Gasteiger partial charge on any atom is 0.251 e. The first-order chi connectivity index (χ1) is 9.67. The molecule has 0 heterocycles. The van der Waals surface area contributed by atoms with Crippen molar-refractivity contribution in [3.63, 3.8) is 0 Å². The molecule has 4 nitrogen and oxygen atoms in total.